The van der Waals surface area contributed by atoms with Crippen molar-refractivity contribution in [2.75, 3.05) is 32.6 Å². The van der Waals surface area contributed by atoms with E-state index in [0.717, 1.165) is 19.3 Å². The van der Waals surface area contributed by atoms with Crippen LogP contribution in [0, 0.1) is 5.92 Å². The van der Waals surface area contributed by atoms with Gasteiger partial charge in [0.1, 0.15) is 0 Å². The highest BCUT2D eigenvalue weighted by Crippen LogP contribution is 2.37. The first-order chi connectivity index (χ1) is 9.41. The third-order valence-corrected chi connectivity index (χ3v) is 6.47. The Morgan fingerprint density at radius 1 is 1.45 bits per heavy atom. The lowest BCUT2D eigenvalue weighted by atomic mass is 9.76. The molecule has 0 aromatic heterocycles. The first kappa shape index (κ1) is 17.9. The van der Waals surface area contributed by atoms with Gasteiger partial charge in [0.05, 0.1) is 5.75 Å². The van der Waals surface area contributed by atoms with Crippen molar-refractivity contribution in [1.82, 2.24) is 4.31 Å². The molecule has 1 fully saturated rings. The maximum Gasteiger partial charge on any atom is 0.214 e. The summed E-state index contributed by atoms with van der Waals surface area (Å²) in [5.41, 5.74) is 5.62. The van der Waals surface area contributed by atoms with Crippen LogP contribution in [0.25, 0.3) is 0 Å². The second kappa shape index (κ2) is 7.73. The van der Waals surface area contributed by atoms with Gasteiger partial charge in [-0.15, -0.1) is 0 Å². The van der Waals surface area contributed by atoms with E-state index >= 15 is 0 Å². The van der Waals surface area contributed by atoms with E-state index in [1.54, 1.807) is 11.4 Å². The van der Waals surface area contributed by atoms with Gasteiger partial charge in [-0.2, -0.15) is 4.31 Å². The van der Waals surface area contributed by atoms with Crippen LogP contribution in [0.2, 0.25) is 0 Å². The molecule has 1 rings (SSSR count). The molecule has 0 spiro atoms. The average molecular weight is 306 g/mol. The third-order valence-electron chi connectivity index (χ3n) is 4.35. The van der Waals surface area contributed by atoms with E-state index in [2.05, 4.69) is 6.92 Å². The van der Waals surface area contributed by atoms with Crippen molar-refractivity contribution in [2.45, 2.75) is 51.5 Å². The van der Waals surface area contributed by atoms with Crippen molar-refractivity contribution < 1.29 is 13.2 Å². The Morgan fingerprint density at radius 3 is 2.65 bits per heavy atom. The van der Waals surface area contributed by atoms with E-state index in [1.807, 2.05) is 6.92 Å². The molecule has 0 amide bonds. The Balaban J connectivity index is 2.90. The van der Waals surface area contributed by atoms with E-state index < -0.39 is 10.0 Å². The first-order valence-electron chi connectivity index (χ1n) is 7.61. The van der Waals surface area contributed by atoms with Crippen LogP contribution in [0.4, 0.5) is 0 Å². The van der Waals surface area contributed by atoms with Crippen molar-refractivity contribution in [3.63, 3.8) is 0 Å². The molecule has 120 valence electrons. The zero-order valence-corrected chi connectivity index (χ0v) is 13.9. The Labute approximate surface area is 123 Å². The van der Waals surface area contributed by atoms with E-state index in [9.17, 15) is 8.42 Å². The molecule has 0 radical (unpaired) electrons. The number of methoxy groups -OCH3 is 1. The van der Waals surface area contributed by atoms with E-state index in [-0.39, 0.29) is 11.3 Å². The predicted octanol–water partition coefficient (Wildman–Crippen LogP) is 1.58. The fourth-order valence-electron chi connectivity index (χ4n) is 3.47. The van der Waals surface area contributed by atoms with E-state index in [4.69, 9.17) is 10.5 Å². The highest BCUT2D eigenvalue weighted by atomic mass is 32.2. The number of likely N-dealkylation sites (N-methyl/N-ethyl adjacent to an activating group) is 1. The smallest absolute Gasteiger partial charge is 0.214 e. The molecule has 0 aromatic carbocycles. The summed E-state index contributed by atoms with van der Waals surface area (Å²) in [5.74, 6) is 0.681. The number of hydrogen-bond acceptors (Lipinski definition) is 4. The molecule has 1 aliphatic carbocycles. The number of sulfonamides is 1. The molecule has 0 saturated heterocycles. The lowest BCUT2D eigenvalue weighted by molar-refractivity contribution is 0.112. The molecule has 2 atom stereocenters. The lowest BCUT2D eigenvalue weighted by Gasteiger charge is -2.46. The minimum atomic E-state index is -3.26. The van der Waals surface area contributed by atoms with Gasteiger partial charge in [-0.05, 0) is 25.2 Å². The van der Waals surface area contributed by atoms with Crippen LogP contribution in [0.1, 0.15) is 46.0 Å². The Hall–Kier alpha value is -0.170. The lowest BCUT2D eigenvalue weighted by Crippen LogP contribution is -2.58. The van der Waals surface area contributed by atoms with Gasteiger partial charge in [0.2, 0.25) is 10.0 Å². The predicted molar refractivity (Wildman–Crippen MR) is 82.1 cm³/mol. The Bertz CT molecular complexity index is 386. The molecule has 0 aliphatic heterocycles. The zero-order valence-electron chi connectivity index (χ0n) is 13.1. The molecule has 1 saturated carbocycles. The van der Waals surface area contributed by atoms with Gasteiger partial charge in [0.25, 0.3) is 0 Å². The molecular weight excluding hydrogens is 276 g/mol. The minimum Gasteiger partial charge on any atom is -0.385 e. The van der Waals surface area contributed by atoms with Crippen LogP contribution in [-0.4, -0.2) is 50.8 Å². The molecule has 0 heterocycles. The molecule has 2 unspecified atom stereocenters. The SMILES string of the molecule is CCN(C1(CN)CCCC(C)C1)S(=O)(=O)CCCOC. The van der Waals surface area contributed by atoms with Crippen LogP contribution in [-0.2, 0) is 14.8 Å². The van der Waals surface area contributed by atoms with Gasteiger partial charge in [0, 0.05) is 32.3 Å². The molecule has 1 aliphatic rings. The summed E-state index contributed by atoms with van der Waals surface area (Å²) in [4.78, 5) is 0. The van der Waals surface area contributed by atoms with Crippen molar-refractivity contribution in [3.8, 4) is 0 Å². The van der Waals surface area contributed by atoms with Gasteiger partial charge in [-0.25, -0.2) is 8.42 Å². The largest absolute Gasteiger partial charge is 0.385 e. The summed E-state index contributed by atoms with van der Waals surface area (Å²) >= 11 is 0. The second-order valence-corrected chi connectivity index (χ2v) is 7.97. The second-order valence-electron chi connectivity index (χ2n) is 5.96. The quantitative estimate of drug-likeness (QED) is 0.691. The monoisotopic (exact) mass is 306 g/mol. The van der Waals surface area contributed by atoms with Gasteiger partial charge in [-0.3, -0.25) is 0 Å². The Kier molecular flexibility index (Phi) is 6.91. The third kappa shape index (κ3) is 4.16. The van der Waals surface area contributed by atoms with Crippen LogP contribution < -0.4 is 5.73 Å². The maximum absolute atomic E-state index is 12.6. The van der Waals surface area contributed by atoms with Crippen LogP contribution in [0.5, 0.6) is 0 Å². The summed E-state index contributed by atoms with van der Waals surface area (Å²) in [7, 11) is -1.67. The molecule has 20 heavy (non-hydrogen) atoms. The van der Waals surface area contributed by atoms with Crippen LogP contribution in [0.3, 0.4) is 0 Å². The summed E-state index contributed by atoms with van der Waals surface area (Å²) in [6, 6.07) is 0. The molecule has 0 aromatic rings. The van der Waals surface area contributed by atoms with Crippen molar-refractivity contribution in [1.29, 1.82) is 0 Å². The van der Waals surface area contributed by atoms with Crippen molar-refractivity contribution in [3.05, 3.63) is 0 Å². The molecule has 2 N–H and O–H groups in total. The number of hydrogen-bond donors (Lipinski definition) is 1. The highest BCUT2D eigenvalue weighted by Gasteiger charge is 2.43. The number of nitrogens with two attached hydrogens (primary N) is 1. The van der Waals surface area contributed by atoms with Crippen molar-refractivity contribution in [2.24, 2.45) is 11.7 Å². The number of nitrogens with zero attached hydrogens (tertiary/aromatic N) is 1. The first-order valence-corrected chi connectivity index (χ1v) is 9.22. The molecule has 6 heteroatoms. The summed E-state index contributed by atoms with van der Waals surface area (Å²) in [6.45, 7) is 5.48. The van der Waals surface area contributed by atoms with Crippen molar-refractivity contribution >= 4 is 10.0 Å². The molecule has 0 bridgehead atoms. The molecular formula is C14H30N2O3S. The fraction of sp³-hybridized carbons (Fsp3) is 1.00. The summed E-state index contributed by atoms with van der Waals surface area (Å²) in [6.07, 6.45) is 4.52. The van der Waals surface area contributed by atoms with Gasteiger partial charge < -0.3 is 10.5 Å². The normalized spacial score (nSPS) is 27.9. The summed E-state index contributed by atoms with van der Waals surface area (Å²) < 4.78 is 31.9. The Morgan fingerprint density at radius 2 is 2.15 bits per heavy atom. The number of rotatable bonds is 8. The fourth-order valence-corrected chi connectivity index (χ4v) is 5.40. The number of ether oxygens (including phenoxy) is 1. The topological polar surface area (TPSA) is 72.6 Å². The van der Waals surface area contributed by atoms with E-state index in [0.29, 0.717) is 32.0 Å². The standard InChI is InChI=1S/C14H30N2O3S/c1-4-16(20(17,18)10-6-9-19-3)14(12-15)8-5-7-13(2)11-14/h13H,4-12,15H2,1-3H3. The van der Waals surface area contributed by atoms with E-state index in [1.165, 1.54) is 6.42 Å². The van der Waals surface area contributed by atoms with Gasteiger partial charge in [-0.1, -0.05) is 26.7 Å². The van der Waals surface area contributed by atoms with Gasteiger partial charge >= 0.3 is 0 Å². The molecule has 5 nitrogen and oxygen atoms in total. The zero-order chi connectivity index (χ0) is 15.2. The van der Waals surface area contributed by atoms with Gasteiger partial charge in [0.15, 0.2) is 0 Å². The summed E-state index contributed by atoms with van der Waals surface area (Å²) in [5, 5.41) is 0. The maximum atomic E-state index is 12.6. The highest BCUT2D eigenvalue weighted by molar-refractivity contribution is 7.89. The van der Waals surface area contributed by atoms with Crippen LogP contribution >= 0.6 is 0 Å². The van der Waals surface area contributed by atoms with Crippen LogP contribution in [0.15, 0.2) is 0 Å². The minimum absolute atomic E-state index is 0.144. The average Bonchev–Trinajstić information content (AvgIpc) is 2.39.